The minimum atomic E-state index is -0.177. The zero-order valence-corrected chi connectivity index (χ0v) is 13.7. The maximum absolute atomic E-state index is 12.4. The molecular weight excluding hydrogens is 306 g/mol. The average Bonchev–Trinajstić information content (AvgIpc) is 3.01. The zero-order valence-electron chi connectivity index (χ0n) is 13.7. The highest BCUT2D eigenvalue weighted by atomic mass is 16.2. The predicted molar refractivity (Wildman–Crippen MR) is 88.6 cm³/mol. The number of aromatic nitrogens is 3. The van der Waals surface area contributed by atoms with Crippen molar-refractivity contribution in [1.29, 1.82) is 0 Å². The summed E-state index contributed by atoms with van der Waals surface area (Å²) < 4.78 is 0. The molecule has 7 heteroatoms. The number of carbonyl (C=O) groups is 2. The molecule has 0 radical (unpaired) electrons. The van der Waals surface area contributed by atoms with Crippen molar-refractivity contribution in [3.63, 3.8) is 0 Å². The van der Waals surface area contributed by atoms with E-state index in [1.807, 2.05) is 25.1 Å². The molecule has 0 saturated carbocycles. The first-order chi connectivity index (χ1) is 11.6. The number of amides is 2. The SMILES string of the molecule is Cc1cccc(C(=O)NC2CCCCN(C(=O)c3ncn[nH]3)C2)c1. The van der Waals surface area contributed by atoms with Gasteiger partial charge >= 0.3 is 0 Å². The highest BCUT2D eigenvalue weighted by Gasteiger charge is 2.25. The number of aryl methyl sites for hydroxylation is 1. The molecule has 7 nitrogen and oxygen atoms in total. The molecule has 1 saturated heterocycles. The normalized spacial score (nSPS) is 18.0. The minimum absolute atomic E-state index is 0.0626. The summed E-state index contributed by atoms with van der Waals surface area (Å²) in [4.78, 5) is 30.5. The second kappa shape index (κ2) is 7.25. The molecular formula is C17H21N5O2. The number of benzene rings is 1. The van der Waals surface area contributed by atoms with E-state index in [1.165, 1.54) is 6.33 Å². The van der Waals surface area contributed by atoms with Gasteiger partial charge in [-0.3, -0.25) is 14.7 Å². The Hall–Kier alpha value is -2.70. The average molecular weight is 327 g/mol. The Labute approximate surface area is 140 Å². The van der Waals surface area contributed by atoms with Crippen molar-refractivity contribution in [2.45, 2.75) is 32.2 Å². The largest absolute Gasteiger partial charge is 0.348 e. The molecule has 126 valence electrons. The number of likely N-dealkylation sites (tertiary alicyclic amines) is 1. The molecule has 1 aromatic carbocycles. The van der Waals surface area contributed by atoms with Crippen LogP contribution in [0.5, 0.6) is 0 Å². The molecule has 1 aliphatic heterocycles. The van der Waals surface area contributed by atoms with Crippen LogP contribution in [-0.2, 0) is 0 Å². The number of H-pyrrole nitrogens is 1. The summed E-state index contributed by atoms with van der Waals surface area (Å²) in [5.41, 5.74) is 1.69. The van der Waals surface area contributed by atoms with Gasteiger partial charge in [0.2, 0.25) is 5.82 Å². The van der Waals surface area contributed by atoms with E-state index >= 15 is 0 Å². The standard InChI is InChI=1S/C17H21N5O2/c1-12-5-4-6-13(9-12)16(23)20-14-7-2-3-8-22(10-14)17(24)15-18-11-19-21-15/h4-6,9,11,14H,2-3,7-8,10H2,1H3,(H,20,23)(H,18,19,21). The number of hydrogen-bond donors (Lipinski definition) is 2. The maximum Gasteiger partial charge on any atom is 0.291 e. The summed E-state index contributed by atoms with van der Waals surface area (Å²) in [6, 6.07) is 7.43. The van der Waals surface area contributed by atoms with Gasteiger partial charge in [0, 0.05) is 24.7 Å². The molecule has 24 heavy (non-hydrogen) atoms. The molecule has 2 heterocycles. The van der Waals surface area contributed by atoms with E-state index in [2.05, 4.69) is 20.5 Å². The van der Waals surface area contributed by atoms with Crippen LogP contribution in [0.3, 0.4) is 0 Å². The van der Waals surface area contributed by atoms with E-state index in [-0.39, 0.29) is 23.7 Å². The Morgan fingerprint density at radius 1 is 1.33 bits per heavy atom. The first-order valence-electron chi connectivity index (χ1n) is 8.15. The van der Waals surface area contributed by atoms with Crippen LogP contribution in [0, 0.1) is 6.92 Å². The van der Waals surface area contributed by atoms with E-state index in [4.69, 9.17) is 0 Å². The van der Waals surface area contributed by atoms with Crippen molar-refractivity contribution in [3.05, 3.63) is 47.5 Å². The molecule has 2 amide bonds. The third kappa shape index (κ3) is 3.79. The molecule has 3 rings (SSSR count). The Morgan fingerprint density at radius 3 is 2.96 bits per heavy atom. The van der Waals surface area contributed by atoms with Crippen LogP contribution in [-0.4, -0.2) is 51.0 Å². The van der Waals surface area contributed by atoms with Crippen LogP contribution in [0.2, 0.25) is 0 Å². The van der Waals surface area contributed by atoms with Gasteiger partial charge in [-0.1, -0.05) is 17.7 Å². The van der Waals surface area contributed by atoms with Crippen LogP contribution in [0.4, 0.5) is 0 Å². The van der Waals surface area contributed by atoms with Gasteiger partial charge in [-0.2, -0.15) is 5.10 Å². The molecule has 0 spiro atoms. The monoisotopic (exact) mass is 327 g/mol. The van der Waals surface area contributed by atoms with Crippen LogP contribution in [0.1, 0.15) is 45.8 Å². The lowest BCUT2D eigenvalue weighted by molar-refractivity contribution is 0.0726. The number of nitrogens with zero attached hydrogens (tertiary/aromatic N) is 3. The van der Waals surface area contributed by atoms with Gasteiger partial charge in [-0.25, -0.2) is 4.98 Å². The Balaban J connectivity index is 1.66. The van der Waals surface area contributed by atoms with E-state index in [1.54, 1.807) is 11.0 Å². The highest BCUT2D eigenvalue weighted by Crippen LogP contribution is 2.14. The van der Waals surface area contributed by atoms with Crippen molar-refractivity contribution in [2.24, 2.45) is 0 Å². The highest BCUT2D eigenvalue weighted by molar-refractivity contribution is 5.94. The van der Waals surface area contributed by atoms with Gasteiger partial charge in [0.25, 0.3) is 11.8 Å². The van der Waals surface area contributed by atoms with Gasteiger partial charge in [0.15, 0.2) is 0 Å². The Morgan fingerprint density at radius 2 is 2.21 bits per heavy atom. The first-order valence-corrected chi connectivity index (χ1v) is 8.15. The van der Waals surface area contributed by atoms with Gasteiger partial charge < -0.3 is 10.2 Å². The number of rotatable bonds is 3. The van der Waals surface area contributed by atoms with Crippen LogP contribution in [0.15, 0.2) is 30.6 Å². The first kappa shape index (κ1) is 16.2. The number of aromatic amines is 1. The second-order valence-corrected chi connectivity index (χ2v) is 6.12. The maximum atomic E-state index is 12.4. The zero-order chi connectivity index (χ0) is 16.9. The fourth-order valence-corrected chi connectivity index (χ4v) is 2.96. The summed E-state index contributed by atoms with van der Waals surface area (Å²) in [6.45, 7) is 3.10. The lowest BCUT2D eigenvalue weighted by Crippen LogP contribution is -2.44. The molecule has 1 fully saturated rings. The van der Waals surface area contributed by atoms with E-state index in [0.717, 1.165) is 24.8 Å². The predicted octanol–water partition coefficient (Wildman–Crippen LogP) is 1.54. The van der Waals surface area contributed by atoms with Crippen LogP contribution >= 0.6 is 0 Å². The number of nitrogens with one attached hydrogen (secondary N) is 2. The molecule has 1 unspecified atom stereocenters. The van der Waals surface area contributed by atoms with Crippen molar-refractivity contribution < 1.29 is 9.59 Å². The quantitative estimate of drug-likeness (QED) is 0.894. The van der Waals surface area contributed by atoms with Crippen molar-refractivity contribution in [3.8, 4) is 0 Å². The third-order valence-corrected chi connectivity index (χ3v) is 4.19. The smallest absolute Gasteiger partial charge is 0.291 e. The van der Waals surface area contributed by atoms with Crippen LogP contribution < -0.4 is 5.32 Å². The lowest BCUT2D eigenvalue weighted by Gasteiger charge is -2.24. The Kier molecular flexibility index (Phi) is 4.88. The van der Waals surface area contributed by atoms with E-state index < -0.39 is 0 Å². The fourth-order valence-electron chi connectivity index (χ4n) is 2.96. The van der Waals surface area contributed by atoms with Gasteiger partial charge in [-0.05, 0) is 38.3 Å². The van der Waals surface area contributed by atoms with Crippen molar-refractivity contribution >= 4 is 11.8 Å². The van der Waals surface area contributed by atoms with Crippen molar-refractivity contribution in [1.82, 2.24) is 25.4 Å². The third-order valence-electron chi connectivity index (χ3n) is 4.19. The summed E-state index contributed by atoms with van der Waals surface area (Å²) in [7, 11) is 0. The molecule has 0 bridgehead atoms. The molecule has 1 aliphatic rings. The van der Waals surface area contributed by atoms with Crippen LogP contribution in [0.25, 0.3) is 0 Å². The number of carbonyl (C=O) groups excluding carboxylic acids is 2. The summed E-state index contributed by atoms with van der Waals surface area (Å²) in [5.74, 6) is -0.0393. The number of hydrogen-bond acceptors (Lipinski definition) is 4. The minimum Gasteiger partial charge on any atom is -0.348 e. The fraction of sp³-hybridized carbons (Fsp3) is 0.412. The summed E-state index contributed by atoms with van der Waals surface area (Å²) in [5, 5.41) is 9.38. The molecule has 2 N–H and O–H groups in total. The van der Waals surface area contributed by atoms with E-state index in [0.29, 0.717) is 18.7 Å². The molecule has 1 atom stereocenters. The second-order valence-electron chi connectivity index (χ2n) is 6.12. The molecule has 0 aliphatic carbocycles. The Bertz CT molecular complexity index is 714. The van der Waals surface area contributed by atoms with Gasteiger partial charge in [0.05, 0.1) is 0 Å². The van der Waals surface area contributed by atoms with E-state index in [9.17, 15) is 9.59 Å². The summed E-state index contributed by atoms with van der Waals surface area (Å²) in [6.07, 6.45) is 4.06. The topological polar surface area (TPSA) is 91.0 Å². The van der Waals surface area contributed by atoms with Crippen molar-refractivity contribution in [2.75, 3.05) is 13.1 Å². The lowest BCUT2D eigenvalue weighted by atomic mass is 10.1. The van der Waals surface area contributed by atoms with Gasteiger partial charge in [-0.15, -0.1) is 0 Å². The molecule has 1 aromatic heterocycles. The molecule has 2 aromatic rings. The summed E-state index contributed by atoms with van der Waals surface area (Å²) >= 11 is 0. The van der Waals surface area contributed by atoms with Gasteiger partial charge in [0.1, 0.15) is 6.33 Å².